The smallest absolute Gasteiger partial charge is 0.338 e. The highest BCUT2D eigenvalue weighted by Crippen LogP contribution is 2.18. The van der Waals surface area contributed by atoms with Gasteiger partial charge in [-0.2, -0.15) is 0 Å². The second-order valence-corrected chi connectivity index (χ2v) is 5.18. The van der Waals surface area contributed by atoms with E-state index in [2.05, 4.69) is 16.4 Å². The molecule has 0 atom stereocenters. The number of hydrogen-bond donors (Lipinski definition) is 1. The number of aromatic nitrogens is 1. The molecule has 1 heterocycles. The Hall–Kier alpha value is -3.27. The van der Waals surface area contributed by atoms with E-state index in [0.29, 0.717) is 11.5 Å². The van der Waals surface area contributed by atoms with Crippen LogP contribution in [0.4, 0.5) is 0 Å². The minimum Gasteiger partial charge on any atom is -0.489 e. The Kier molecular flexibility index (Phi) is 6.18. The molecule has 1 aromatic heterocycles. The number of rotatable bonds is 7. The van der Waals surface area contributed by atoms with E-state index in [1.165, 1.54) is 0 Å². The van der Waals surface area contributed by atoms with E-state index in [1.54, 1.807) is 31.2 Å². The first-order valence-electron chi connectivity index (χ1n) is 7.53. The first-order valence-corrected chi connectivity index (χ1v) is 7.53. The van der Waals surface area contributed by atoms with Gasteiger partial charge in [-0.05, 0) is 32.0 Å². The van der Waals surface area contributed by atoms with Gasteiger partial charge in [0.1, 0.15) is 18.1 Å². The van der Waals surface area contributed by atoms with Crippen molar-refractivity contribution in [2.24, 2.45) is 0 Å². The molecular weight excluding hydrogens is 324 g/mol. The van der Waals surface area contributed by atoms with Gasteiger partial charge in [0.15, 0.2) is 6.61 Å². The normalized spacial score (nSPS) is 9.96. The molecule has 0 unspecified atom stereocenters. The molecular formula is C18H18N2O5. The Morgan fingerprint density at radius 1 is 1.36 bits per heavy atom. The molecule has 25 heavy (non-hydrogen) atoms. The molecule has 2 aromatic rings. The highest BCUT2D eigenvalue weighted by molar-refractivity contribution is 5.91. The zero-order chi connectivity index (χ0) is 18.2. The van der Waals surface area contributed by atoms with Gasteiger partial charge < -0.3 is 19.3 Å². The molecule has 1 amide bonds. The summed E-state index contributed by atoms with van der Waals surface area (Å²) in [5.74, 6) is 2.35. The molecule has 0 aliphatic heterocycles. The number of carbonyl (C=O) groups is 2. The third-order valence-electron chi connectivity index (χ3n) is 3.36. The molecule has 2 rings (SSSR count). The van der Waals surface area contributed by atoms with E-state index in [0.717, 1.165) is 11.3 Å². The molecule has 1 aromatic carbocycles. The van der Waals surface area contributed by atoms with Crippen molar-refractivity contribution in [2.45, 2.75) is 20.5 Å². The van der Waals surface area contributed by atoms with Crippen molar-refractivity contribution in [1.82, 2.24) is 10.5 Å². The lowest BCUT2D eigenvalue weighted by Crippen LogP contribution is -2.28. The largest absolute Gasteiger partial charge is 0.489 e. The average molecular weight is 342 g/mol. The third kappa shape index (κ3) is 5.11. The molecule has 0 spiro atoms. The number of aryl methyl sites for hydroxylation is 2. The number of amides is 1. The van der Waals surface area contributed by atoms with Crippen molar-refractivity contribution in [3.8, 4) is 18.1 Å². The molecule has 1 N–H and O–H groups in total. The van der Waals surface area contributed by atoms with Crippen LogP contribution in [-0.2, 0) is 16.1 Å². The first kappa shape index (κ1) is 18.1. The van der Waals surface area contributed by atoms with Crippen molar-refractivity contribution in [3.63, 3.8) is 0 Å². The lowest BCUT2D eigenvalue weighted by molar-refractivity contribution is -0.123. The second-order valence-electron chi connectivity index (χ2n) is 5.18. The van der Waals surface area contributed by atoms with Crippen LogP contribution < -0.4 is 10.1 Å². The van der Waals surface area contributed by atoms with Gasteiger partial charge in [-0.3, -0.25) is 4.79 Å². The van der Waals surface area contributed by atoms with Crippen molar-refractivity contribution >= 4 is 11.9 Å². The van der Waals surface area contributed by atoms with Crippen molar-refractivity contribution in [2.75, 3.05) is 13.2 Å². The van der Waals surface area contributed by atoms with Gasteiger partial charge in [0, 0.05) is 0 Å². The summed E-state index contributed by atoms with van der Waals surface area (Å²) in [6.07, 6.45) is 5.03. The van der Waals surface area contributed by atoms with Crippen LogP contribution in [0.3, 0.4) is 0 Å². The van der Waals surface area contributed by atoms with Crippen LogP contribution >= 0.6 is 0 Å². The summed E-state index contributed by atoms with van der Waals surface area (Å²) in [6.45, 7) is 3.59. The quantitative estimate of drug-likeness (QED) is 0.609. The fourth-order valence-electron chi connectivity index (χ4n) is 1.99. The zero-order valence-corrected chi connectivity index (χ0v) is 14.0. The standard InChI is InChI=1S/C18H18N2O5/c1-4-8-19-17(21)11-24-18(22)14-6-5-7-15(9-14)23-10-16-12(2)20-25-13(16)3/h1,5-7,9H,8,10-11H2,2-3H3,(H,19,21). The van der Waals surface area contributed by atoms with Gasteiger partial charge in [-0.25, -0.2) is 4.79 Å². The number of nitrogens with one attached hydrogen (secondary N) is 1. The summed E-state index contributed by atoms with van der Waals surface area (Å²) >= 11 is 0. The predicted octanol–water partition coefficient (Wildman–Crippen LogP) is 1.78. The summed E-state index contributed by atoms with van der Waals surface area (Å²) < 4.78 is 15.7. The van der Waals surface area contributed by atoms with E-state index in [1.807, 2.05) is 6.92 Å². The SMILES string of the molecule is C#CCNC(=O)COC(=O)c1cccc(OCc2c(C)noc2C)c1. The fourth-order valence-corrected chi connectivity index (χ4v) is 1.99. The molecule has 7 nitrogen and oxygen atoms in total. The van der Waals surface area contributed by atoms with Crippen LogP contribution in [0.25, 0.3) is 0 Å². The van der Waals surface area contributed by atoms with Crippen LogP contribution in [0, 0.1) is 26.2 Å². The zero-order valence-electron chi connectivity index (χ0n) is 14.0. The molecule has 0 radical (unpaired) electrons. The number of nitrogens with zero attached hydrogens (tertiary/aromatic N) is 1. The predicted molar refractivity (Wildman–Crippen MR) is 88.9 cm³/mol. The van der Waals surface area contributed by atoms with Crippen LogP contribution in [0.2, 0.25) is 0 Å². The van der Waals surface area contributed by atoms with E-state index in [-0.39, 0.29) is 18.7 Å². The fraction of sp³-hybridized carbons (Fsp3) is 0.278. The summed E-state index contributed by atoms with van der Waals surface area (Å²) in [5, 5.41) is 6.26. The lowest BCUT2D eigenvalue weighted by Gasteiger charge is -2.08. The maximum Gasteiger partial charge on any atom is 0.338 e. The van der Waals surface area contributed by atoms with Crippen molar-refractivity contribution < 1.29 is 23.6 Å². The Morgan fingerprint density at radius 3 is 2.84 bits per heavy atom. The Labute approximate surface area is 145 Å². The highest BCUT2D eigenvalue weighted by atomic mass is 16.5. The molecule has 0 aliphatic rings. The summed E-state index contributed by atoms with van der Waals surface area (Å²) in [4.78, 5) is 23.4. The molecule has 0 saturated heterocycles. The van der Waals surface area contributed by atoms with Crippen LogP contribution in [-0.4, -0.2) is 30.2 Å². The molecule has 0 bridgehead atoms. The number of terminal acetylenes is 1. The molecule has 0 saturated carbocycles. The average Bonchev–Trinajstić information content (AvgIpc) is 2.94. The minimum absolute atomic E-state index is 0.0847. The maximum absolute atomic E-state index is 12.0. The first-order chi connectivity index (χ1) is 12.0. The number of carbonyl (C=O) groups excluding carboxylic acids is 2. The molecule has 7 heteroatoms. The number of benzene rings is 1. The minimum atomic E-state index is -0.626. The van der Waals surface area contributed by atoms with E-state index < -0.39 is 18.5 Å². The highest BCUT2D eigenvalue weighted by Gasteiger charge is 2.12. The lowest BCUT2D eigenvalue weighted by atomic mass is 10.2. The summed E-state index contributed by atoms with van der Waals surface area (Å²) in [6, 6.07) is 6.50. The van der Waals surface area contributed by atoms with Crippen molar-refractivity contribution in [3.05, 3.63) is 46.8 Å². The Morgan fingerprint density at radius 2 is 2.16 bits per heavy atom. The van der Waals surface area contributed by atoms with Gasteiger partial charge in [0.25, 0.3) is 5.91 Å². The topological polar surface area (TPSA) is 90.7 Å². The number of esters is 1. The Bertz CT molecular complexity index is 785. The molecule has 130 valence electrons. The van der Waals surface area contributed by atoms with Crippen LogP contribution in [0.1, 0.15) is 27.4 Å². The van der Waals surface area contributed by atoms with E-state index in [9.17, 15) is 9.59 Å². The maximum atomic E-state index is 12.0. The van der Waals surface area contributed by atoms with E-state index in [4.69, 9.17) is 20.4 Å². The van der Waals surface area contributed by atoms with Gasteiger partial charge in [-0.15, -0.1) is 6.42 Å². The molecule has 0 fully saturated rings. The number of hydrogen-bond acceptors (Lipinski definition) is 6. The molecule has 0 aliphatic carbocycles. The van der Waals surface area contributed by atoms with Gasteiger partial charge >= 0.3 is 5.97 Å². The van der Waals surface area contributed by atoms with Gasteiger partial charge in [0.2, 0.25) is 0 Å². The summed E-state index contributed by atoms with van der Waals surface area (Å²) in [7, 11) is 0. The number of ether oxygens (including phenoxy) is 2. The third-order valence-corrected chi connectivity index (χ3v) is 3.36. The second kappa shape index (κ2) is 8.55. The van der Waals surface area contributed by atoms with Crippen LogP contribution in [0.15, 0.2) is 28.8 Å². The summed E-state index contributed by atoms with van der Waals surface area (Å²) in [5.41, 5.74) is 1.89. The van der Waals surface area contributed by atoms with Crippen molar-refractivity contribution in [1.29, 1.82) is 0 Å². The van der Waals surface area contributed by atoms with Gasteiger partial charge in [0.05, 0.1) is 23.4 Å². The van der Waals surface area contributed by atoms with Gasteiger partial charge in [-0.1, -0.05) is 17.1 Å². The monoisotopic (exact) mass is 342 g/mol. The van der Waals surface area contributed by atoms with E-state index >= 15 is 0 Å². The van der Waals surface area contributed by atoms with Crippen LogP contribution in [0.5, 0.6) is 5.75 Å². The Balaban J connectivity index is 1.93.